The molecular formula is C15H15F2NOS. The quantitative estimate of drug-likeness (QED) is 0.814. The van der Waals surface area contributed by atoms with E-state index in [1.54, 1.807) is 16.2 Å². The average molecular weight is 295 g/mol. The molecule has 1 heterocycles. The minimum atomic E-state index is -0.997. The number of nitrogens with zero attached hydrogens (tertiary/aromatic N) is 1. The first-order valence-electron chi connectivity index (χ1n) is 6.37. The van der Waals surface area contributed by atoms with Gasteiger partial charge in [-0.1, -0.05) is 6.92 Å². The van der Waals surface area contributed by atoms with E-state index < -0.39 is 11.6 Å². The van der Waals surface area contributed by atoms with Crippen molar-refractivity contribution in [3.63, 3.8) is 0 Å². The lowest BCUT2D eigenvalue weighted by Crippen LogP contribution is -2.31. The van der Waals surface area contributed by atoms with Crippen molar-refractivity contribution in [1.82, 2.24) is 4.90 Å². The average Bonchev–Trinajstić information content (AvgIpc) is 2.93. The highest BCUT2D eigenvalue weighted by atomic mass is 32.1. The summed E-state index contributed by atoms with van der Waals surface area (Å²) in [6.45, 7) is 3.03. The molecule has 0 aliphatic heterocycles. The van der Waals surface area contributed by atoms with Gasteiger partial charge in [0.1, 0.15) is 0 Å². The van der Waals surface area contributed by atoms with E-state index >= 15 is 0 Å². The minimum absolute atomic E-state index is 0.174. The maximum Gasteiger partial charge on any atom is 0.254 e. The van der Waals surface area contributed by atoms with Crippen LogP contribution in [0.1, 0.15) is 29.3 Å². The van der Waals surface area contributed by atoms with Gasteiger partial charge in [-0.2, -0.15) is 11.3 Å². The van der Waals surface area contributed by atoms with E-state index in [9.17, 15) is 13.6 Å². The van der Waals surface area contributed by atoms with Crippen molar-refractivity contribution in [1.29, 1.82) is 0 Å². The van der Waals surface area contributed by atoms with Crippen molar-refractivity contribution in [3.8, 4) is 0 Å². The molecule has 0 fully saturated rings. The van der Waals surface area contributed by atoms with E-state index in [1.807, 2.05) is 23.8 Å². The SMILES string of the molecule is CCCN(Cc1ccsc1)C(=O)c1ccc(F)c(F)c1. The lowest BCUT2D eigenvalue weighted by Gasteiger charge is -2.21. The van der Waals surface area contributed by atoms with E-state index in [1.165, 1.54) is 6.07 Å². The molecule has 0 saturated heterocycles. The van der Waals surface area contributed by atoms with Gasteiger partial charge >= 0.3 is 0 Å². The van der Waals surface area contributed by atoms with Gasteiger partial charge in [-0.3, -0.25) is 4.79 Å². The van der Waals surface area contributed by atoms with Gasteiger partial charge in [0, 0.05) is 18.7 Å². The summed E-state index contributed by atoms with van der Waals surface area (Å²) in [4.78, 5) is 14.0. The van der Waals surface area contributed by atoms with Gasteiger partial charge in [0.15, 0.2) is 11.6 Å². The van der Waals surface area contributed by atoms with Crippen LogP contribution in [0.15, 0.2) is 35.0 Å². The Morgan fingerprint density at radius 2 is 2.05 bits per heavy atom. The van der Waals surface area contributed by atoms with Crippen LogP contribution in [0.25, 0.3) is 0 Å². The van der Waals surface area contributed by atoms with Crippen LogP contribution in [0.5, 0.6) is 0 Å². The fourth-order valence-electron chi connectivity index (χ4n) is 1.94. The number of halogens is 2. The molecule has 5 heteroatoms. The van der Waals surface area contributed by atoms with Crippen molar-refractivity contribution >= 4 is 17.2 Å². The van der Waals surface area contributed by atoms with Crippen LogP contribution in [0.2, 0.25) is 0 Å². The van der Waals surface area contributed by atoms with Gasteiger partial charge in [0.25, 0.3) is 5.91 Å². The maximum atomic E-state index is 13.2. The van der Waals surface area contributed by atoms with Crippen molar-refractivity contribution in [2.45, 2.75) is 19.9 Å². The number of carbonyl (C=O) groups is 1. The van der Waals surface area contributed by atoms with Crippen molar-refractivity contribution in [3.05, 3.63) is 57.8 Å². The van der Waals surface area contributed by atoms with Crippen LogP contribution in [0.3, 0.4) is 0 Å². The molecule has 106 valence electrons. The zero-order valence-electron chi connectivity index (χ0n) is 11.1. The zero-order valence-corrected chi connectivity index (χ0v) is 11.9. The molecular weight excluding hydrogens is 280 g/mol. The van der Waals surface area contributed by atoms with Gasteiger partial charge < -0.3 is 4.90 Å². The molecule has 0 unspecified atom stereocenters. The highest BCUT2D eigenvalue weighted by Gasteiger charge is 2.17. The van der Waals surface area contributed by atoms with Gasteiger partial charge in [0.2, 0.25) is 0 Å². The second-order valence-corrected chi connectivity index (χ2v) is 5.27. The molecule has 2 rings (SSSR count). The van der Waals surface area contributed by atoms with E-state index in [4.69, 9.17) is 0 Å². The minimum Gasteiger partial charge on any atom is -0.334 e. The first kappa shape index (κ1) is 14.7. The van der Waals surface area contributed by atoms with Crippen molar-refractivity contribution < 1.29 is 13.6 Å². The molecule has 0 atom stereocenters. The lowest BCUT2D eigenvalue weighted by molar-refractivity contribution is 0.0742. The Labute approximate surface area is 120 Å². The Balaban J connectivity index is 2.19. The molecule has 2 aromatic rings. The molecule has 0 radical (unpaired) electrons. The lowest BCUT2D eigenvalue weighted by atomic mass is 10.1. The maximum absolute atomic E-state index is 13.2. The standard InChI is InChI=1S/C15H15F2NOS/c1-2-6-18(9-11-5-7-20-10-11)15(19)12-3-4-13(16)14(17)8-12/h3-5,7-8,10H,2,6,9H2,1H3. The van der Waals surface area contributed by atoms with E-state index in [2.05, 4.69) is 0 Å². The third kappa shape index (κ3) is 3.42. The second kappa shape index (κ2) is 6.61. The Bertz CT molecular complexity index is 584. The molecule has 0 saturated carbocycles. The fraction of sp³-hybridized carbons (Fsp3) is 0.267. The molecule has 0 spiro atoms. The highest BCUT2D eigenvalue weighted by molar-refractivity contribution is 7.07. The van der Waals surface area contributed by atoms with Crippen LogP contribution in [-0.2, 0) is 6.54 Å². The number of rotatable bonds is 5. The van der Waals surface area contributed by atoms with Gasteiger partial charge in [-0.15, -0.1) is 0 Å². The van der Waals surface area contributed by atoms with E-state index in [0.717, 1.165) is 24.1 Å². The Morgan fingerprint density at radius 3 is 2.65 bits per heavy atom. The van der Waals surface area contributed by atoms with Crippen molar-refractivity contribution in [2.24, 2.45) is 0 Å². The van der Waals surface area contributed by atoms with Crippen LogP contribution in [0, 0.1) is 11.6 Å². The molecule has 20 heavy (non-hydrogen) atoms. The first-order valence-corrected chi connectivity index (χ1v) is 7.31. The highest BCUT2D eigenvalue weighted by Crippen LogP contribution is 2.15. The van der Waals surface area contributed by atoms with Crippen LogP contribution in [-0.4, -0.2) is 17.4 Å². The number of hydrogen-bond acceptors (Lipinski definition) is 2. The first-order chi connectivity index (χ1) is 9.61. The molecule has 1 amide bonds. The predicted octanol–water partition coefficient (Wildman–Crippen LogP) is 4.08. The smallest absolute Gasteiger partial charge is 0.254 e. The summed E-state index contributed by atoms with van der Waals surface area (Å²) in [7, 11) is 0. The molecule has 0 N–H and O–H groups in total. The molecule has 2 nitrogen and oxygen atoms in total. The van der Waals surface area contributed by atoms with Crippen LogP contribution >= 0.6 is 11.3 Å². The molecule has 1 aromatic carbocycles. The van der Waals surface area contributed by atoms with E-state index in [0.29, 0.717) is 13.1 Å². The fourth-order valence-corrected chi connectivity index (χ4v) is 2.60. The molecule has 0 aliphatic carbocycles. The normalized spacial score (nSPS) is 10.6. The molecule has 1 aromatic heterocycles. The Morgan fingerprint density at radius 1 is 1.25 bits per heavy atom. The summed E-state index contributed by atoms with van der Waals surface area (Å²) in [6.07, 6.45) is 0.805. The summed E-state index contributed by atoms with van der Waals surface area (Å²) >= 11 is 1.56. The Kier molecular flexibility index (Phi) is 4.84. The Hall–Kier alpha value is -1.75. The largest absolute Gasteiger partial charge is 0.334 e. The zero-order chi connectivity index (χ0) is 14.5. The summed E-state index contributed by atoms with van der Waals surface area (Å²) < 4.78 is 26.1. The van der Waals surface area contributed by atoms with Crippen molar-refractivity contribution in [2.75, 3.05) is 6.54 Å². The monoisotopic (exact) mass is 295 g/mol. The summed E-state index contributed by atoms with van der Waals surface area (Å²) in [5.74, 6) is -2.22. The number of benzene rings is 1. The molecule has 0 bridgehead atoms. The number of thiophene rings is 1. The number of carbonyl (C=O) groups excluding carboxylic acids is 1. The third-order valence-electron chi connectivity index (χ3n) is 2.90. The summed E-state index contributed by atoms with van der Waals surface area (Å²) in [5, 5.41) is 3.92. The summed E-state index contributed by atoms with van der Waals surface area (Å²) in [6, 6.07) is 5.20. The molecule has 0 aliphatic rings. The third-order valence-corrected chi connectivity index (χ3v) is 3.63. The van der Waals surface area contributed by atoms with Gasteiger partial charge in [-0.25, -0.2) is 8.78 Å². The second-order valence-electron chi connectivity index (χ2n) is 4.49. The number of hydrogen-bond donors (Lipinski definition) is 0. The van der Waals surface area contributed by atoms with Crippen LogP contribution < -0.4 is 0 Å². The predicted molar refractivity (Wildman–Crippen MR) is 75.7 cm³/mol. The van der Waals surface area contributed by atoms with Gasteiger partial charge in [0.05, 0.1) is 0 Å². The summed E-state index contributed by atoms with van der Waals surface area (Å²) in [5.41, 5.74) is 1.21. The number of amides is 1. The van der Waals surface area contributed by atoms with Gasteiger partial charge in [-0.05, 0) is 47.0 Å². The van der Waals surface area contributed by atoms with E-state index in [-0.39, 0.29) is 11.5 Å². The van der Waals surface area contributed by atoms with Crippen LogP contribution in [0.4, 0.5) is 8.78 Å². The topological polar surface area (TPSA) is 20.3 Å².